The number of rotatable bonds is 27. The summed E-state index contributed by atoms with van der Waals surface area (Å²) in [6.45, 7) is 23.3. The second kappa shape index (κ2) is 26.1. The minimum atomic E-state index is -0.434. The average molecular weight is 713 g/mol. The topological polar surface area (TPSA) is 189 Å². The van der Waals surface area contributed by atoms with E-state index in [2.05, 4.69) is 55.4 Å². The van der Waals surface area contributed by atoms with Crippen molar-refractivity contribution in [1.29, 1.82) is 0 Å². The van der Waals surface area contributed by atoms with Crippen LogP contribution in [0.15, 0.2) is 75.9 Å². The first kappa shape index (κ1) is 45.2. The molecule has 51 heavy (non-hydrogen) atoms. The van der Waals surface area contributed by atoms with Gasteiger partial charge in [0.1, 0.15) is 0 Å². The van der Waals surface area contributed by atoms with Crippen LogP contribution in [0.1, 0.15) is 13.3 Å². The van der Waals surface area contributed by atoms with Crippen molar-refractivity contribution in [2.45, 2.75) is 13.3 Å². The summed E-state index contributed by atoms with van der Waals surface area (Å²) in [5.74, 6) is -3.18. The lowest BCUT2D eigenvalue weighted by molar-refractivity contribution is -0.136. The van der Waals surface area contributed by atoms with Gasteiger partial charge in [-0.2, -0.15) is 0 Å². The van der Waals surface area contributed by atoms with Crippen LogP contribution in [-0.4, -0.2) is 157 Å². The Morgan fingerprint density at radius 1 is 0.412 bits per heavy atom. The van der Waals surface area contributed by atoms with Crippen molar-refractivity contribution in [2.75, 3.05) is 85.1 Å². The maximum atomic E-state index is 13.4. The maximum Gasteiger partial charge on any atom is 0.246 e. The van der Waals surface area contributed by atoms with Gasteiger partial charge in [-0.1, -0.05) is 39.5 Å². The normalized spacial score (nSPS) is 9.90. The van der Waals surface area contributed by atoms with E-state index in [4.69, 9.17) is 0 Å². The number of nitrogens with zero attached hydrogens (tertiary/aromatic N) is 5. The molecular formula is C35H52N8O8. The third-order valence-corrected chi connectivity index (χ3v) is 7.37. The number of nitrogens with one attached hydrogen (secondary N) is 3. The fraction of sp³-hybridized carbons (Fsp3) is 0.429. The second-order valence-corrected chi connectivity index (χ2v) is 10.7. The summed E-state index contributed by atoms with van der Waals surface area (Å²) in [7, 11) is 0. The highest BCUT2D eigenvalue weighted by Crippen LogP contribution is 2.03. The maximum absolute atomic E-state index is 13.4. The quantitative estimate of drug-likeness (QED) is 0.0905. The van der Waals surface area contributed by atoms with Crippen molar-refractivity contribution in [2.24, 2.45) is 0 Å². The van der Waals surface area contributed by atoms with Crippen LogP contribution in [0.5, 0.6) is 0 Å². The Bertz CT molecular complexity index is 1310. The van der Waals surface area contributed by atoms with E-state index >= 15 is 0 Å². The van der Waals surface area contributed by atoms with Gasteiger partial charge in [-0.25, -0.2) is 0 Å². The molecule has 0 aromatic rings. The highest BCUT2D eigenvalue weighted by atomic mass is 16.2. The van der Waals surface area contributed by atoms with E-state index in [1.54, 1.807) is 0 Å². The summed E-state index contributed by atoms with van der Waals surface area (Å²) in [5.41, 5.74) is 0. The molecule has 0 atom stereocenters. The molecule has 0 radical (unpaired) electrons. The Labute approximate surface area is 300 Å². The van der Waals surface area contributed by atoms with Crippen LogP contribution in [0, 0.1) is 0 Å². The molecule has 0 aromatic carbocycles. The Balaban J connectivity index is 5.63. The average Bonchev–Trinajstić information content (AvgIpc) is 3.13. The van der Waals surface area contributed by atoms with Crippen molar-refractivity contribution in [1.82, 2.24) is 40.4 Å². The molecule has 16 heteroatoms. The van der Waals surface area contributed by atoms with E-state index in [0.29, 0.717) is 0 Å². The third-order valence-electron chi connectivity index (χ3n) is 7.37. The van der Waals surface area contributed by atoms with Crippen LogP contribution < -0.4 is 16.0 Å². The minimum Gasteiger partial charge on any atom is -0.351 e. The molecule has 0 aliphatic heterocycles. The van der Waals surface area contributed by atoms with E-state index in [0.717, 1.165) is 36.5 Å². The molecule has 0 rings (SSSR count). The van der Waals surface area contributed by atoms with Gasteiger partial charge in [-0.05, 0) is 36.5 Å². The van der Waals surface area contributed by atoms with E-state index in [1.807, 2.05) is 0 Å². The van der Waals surface area contributed by atoms with Crippen molar-refractivity contribution in [3.8, 4) is 0 Å². The van der Waals surface area contributed by atoms with Crippen molar-refractivity contribution >= 4 is 47.3 Å². The van der Waals surface area contributed by atoms with E-state index in [9.17, 15) is 38.4 Å². The molecule has 280 valence electrons. The predicted octanol–water partition coefficient (Wildman–Crippen LogP) is -0.996. The summed E-state index contributed by atoms with van der Waals surface area (Å²) < 4.78 is 0. The number of carbonyl (C=O) groups excluding carboxylic acids is 8. The zero-order valence-electron chi connectivity index (χ0n) is 29.6. The van der Waals surface area contributed by atoms with Crippen LogP contribution in [-0.2, 0) is 38.4 Å². The molecule has 0 aliphatic rings. The highest BCUT2D eigenvalue weighted by Gasteiger charge is 2.21. The molecule has 0 fully saturated rings. The molecule has 16 nitrogen and oxygen atoms in total. The molecular weight excluding hydrogens is 660 g/mol. The number of hydrogen-bond donors (Lipinski definition) is 3. The van der Waals surface area contributed by atoms with Gasteiger partial charge in [0, 0.05) is 98.4 Å². The van der Waals surface area contributed by atoms with Crippen molar-refractivity contribution in [3.63, 3.8) is 0 Å². The smallest absolute Gasteiger partial charge is 0.246 e. The van der Waals surface area contributed by atoms with Gasteiger partial charge >= 0.3 is 0 Å². The van der Waals surface area contributed by atoms with Gasteiger partial charge in [-0.15, -0.1) is 0 Å². The molecule has 0 saturated heterocycles. The summed E-state index contributed by atoms with van der Waals surface area (Å²) in [5, 5.41) is 7.78. The van der Waals surface area contributed by atoms with Crippen LogP contribution in [0.4, 0.5) is 0 Å². The van der Waals surface area contributed by atoms with Gasteiger partial charge in [-0.3, -0.25) is 38.4 Å². The monoisotopic (exact) mass is 712 g/mol. The van der Waals surface area contributed by atoms with Gasteiger partial charge in [0.15, 0.2) is 0 Å². The lowest BCUT2D eigenvalue weighted by Gasteiger charge is -2.30. The van der Waals surface area contributed by atoms with Crippen LogP contribution in [0.3, 0.4) is 0 Å². The fourth-order valence-electron chi connectivity index (χ4n) is 4.44. The lowest BCUT2D eigenvalue weighted by Crippen LogP contribution is -2.47. The van der Waals surface area contributed by atoms with E-state index in [1.165, 1.54) is 31.4 Å². The third kappa shape index (κ3) is 19.1. The summed E-state index contributed by atoms with van der Waals surface area (Å²) >= 11 is 0. The summed E-state index contributed by atoms with van der Waals surface area (Å²) in [4.78, 5) is 105. The summed E-state index contributed by atoms with van der Waals surface area (Å²) in [6.07, 6.45) is 6.56. The van der Waals surface area contributed by atoms with Gasteiger partial charge in [0.25, 0.3) is 0 Å². The number of amides is 8. The van der Waals surface area contributed by atoms with Gasteiger partial charge in [0.05, 0.1) is 0 Å². The van der Waals surface area contributed by atoms with Crippen molar-refractivity contribution in [3.05, 3.63) is 75.9 Å². The molecule has 0 aliphatic carbocycles. The van der Waals surface area contributed by atoms with E-state index in [-0.39, 0.29) is 103 Å². The molecule has 0 aromatic heterocycles. The van der Waals surface area contributed by atoms with Crippen LogP contribution in [0.25, 0.3) is 0 Å². The Kier molecular flexibility index (Phi) is 23.1. The molecule has 0 bridgehead atoms. The molecule has 0 spiro atoms. The predicted molar refractivity (Wildman–Crippen MR) is 193 cm³/mol. The number of carbonyl (C=O) groups is 8. The molecule has 0 unspecified atom stereocenters. The largest absolute Gasteiger partial charge is 0.351 e. The molecule has 0 heterocycles. The first-order valence-electron chi connectivity index (χ1n) is 16.3. The molecule has 3 N–H and O–H groups in total. The Hall–Kier alpha value is -5.80. The van der Waals surface area contributed by atoms with Crippen LogP contribution in [0.2, 0.25) is 0 Å². The molecule has 0 saturated carbocycles. The summed E-state index contributed by atoms with van der Waals surface area (Å²) in [6, 6.07) is 0. The Morgan fingerprint density at radius 3 is 1.02 bits per heavy atom. The van der Waals surface area contributed by atoms with Crippen molar-refractivity contribution < 1.29 is 38.4 Å². The molecule has 8 amide bonds. The first-order valence-corrected chi connectivity index (χ1v) is 16.3. The number of hydrogen-bond acceptors (Lipinski definition) is 8. The zero-order valence-corrected chi connectivity index (χ0v) is 29.6. The second-order valence-electron chi connectivity index (χ2n) is 10.7. The highest BCUT2D eigenvalue weighted by molar-refractivity contribution is 5.89. The Morgan fingerprint density at radius 2 is 0.706 bits per heavy atom. The lowest BCUT2D eigenvalue weighted by atomic mass is 10.3. The first-order chi connectivity index (χ1) is 24.3. The van der Waals surface area contributed by atoms with Gasteiger partial charge in [0.2, 0.25) is 47.3 Å². The fourth-order valence-corrected chi connectivity index (χ4v) is 4.44. The van der Waals surface area contributed by atoms with E-state index < -0.39 is 35.4 Å². The SMILES string of the molecule is C=CC(=O)NCCN(CCN(CCN(CCC(=O)N(CCNC(=O)C=C)CCN(CCNC(=O)C=C)C(=O)C=C)C(C)=O)C(=O)C=C)C(=O)C=C. The van der Waals surface area contributed by atoms with Gasteiger partial charge < -0.3 is 40.4 Å². The standard InChI is InChI=1S/C35H52N8O8/c1-8-29(45)36-15-19-40(32(48)11-4)24-26-42(21-17-38-31(47)10-3)35(51)14-18-39(28(7)44)22-23-43(34(50)13-6)27-25-41(33(49)12-5)20-16-37-30(46)9-2/h8-13H,1-6,14-27H2,7H3,(H,36,45)(H,37,46)(H,38,47). The zero-order chi connectivity index (χ0) is 38.8. The minimum absolute atomic E-state index is 0.00671. The van der Waals surface area contributed by atoms with Crippen LogP contribution >= 0.6 is 0 Å².